The van der Waals surface area contributed by atoms with Gasteiger partial charge in [0.05, 0.1) is 24.4 Å². The molecule has 3 rings (SSSR count). The van der Waals surface area contributed by atoms with E-state index in [-0.39, 0.29) is 31.2 Å². The fraction of sp³-hybridized carbons (Fsp3) is 0.444. The van der Waals surface area contributed by atoms with Crippen LogP contribution in [-0.4, -0.2) is 85.2 Å². The van der Waals surface area contributed by atoms with Crippen LogP contribution in [0.1, 0.15) is 46.7 Å². The number of hydrogen-bond donors (Lipinski definition) is 3. The van der Waals surface area contributed by atoms with Crippen LogP contribution in [0.15, 0.2) is 18.2 Å². The fourth-order valence-electron chi connectivity index (χ4n) is 4.33. The molecule has 0 saturated heterocycles. The molecule has 11 heteroatoms. The number of carbonyl (C=O) groups excluding carboxylic acids is 3. The van der Waals surface area contributed by atoms with E-state index in [9.17, 15) is 18.8 Å². The summed E-state index contributed by atoms with van der Waals surface area (Å²) in [4.78, 5) is 45.6. The Morgan fingerprint density at radius 1 is 1.11 bits per heavy atom. The molecule has 0 atom stereocenters. The number of hydrogen-bond acceptors (Lipinski definition) is 7. The summed E-state index contributed by atoms with van der Waals surface area (Å²) in [6.45, 7) is 10.5. The molecule has 0 unspecified atom stereocenters. The molecule has 0 saturated carbocycles. The average Bonchev–Trinajstić information content (AvgIpc) is 3.35. The zero-order valence-corrected chi connectivity index (χ0v) is 22.4. The van der Waals surface area contributed by atoms with Crippen LogP contribution in [0.25, 0.3) is 11.6 Å². The van der Waals surface area contributed by atoms with E-state index in [1.807, 2.05) is 13.8 Å². The Bertz CT molecular complexity index is 1200. The molecule has 1 aromatic carbocycles. The maximum atomic E-state index is 13.9. The van der Waals surface area contributed by atoms with Gasteiger partial charge in [-0.3, -0.25) is 9.59 Å². The van der Waals surface area contributed by atoms with Crippen molar-refractivity contribution in [1.29, 1.82) is 0 Å². The van der Waals surface area contributed by atoms with Crippen molar-refractivity contribution in [2.75, 3.05) is 57.9 Å². The van der Waals surface area contributed by atoms with Gasteiger partial charge in [0.2, 0.25) is 0 Å². The summed E-state index contributed by atoms with van der Waals surface area (Å²) in [6.07, 6.45) is 0.825. The molecule has 0 spiro atoms. The van der Waals surface area contributed by atoms with Gasteiger partial charge in [-0.25, -0.2) is 14.1 Å². The Labute approximate surface area is 221 Å². The quantitative estimate of drug-likeness (QED) is 0.284. The fourth-order valence-corrected chi connectivity index (χ4v) is 4.33. The van der Waals surface area contributed by atoms with Crippen molar-refractivity contribution >= 4 is 35.2 Å². The first-order valence-electron chi connectivity index (χ1n) is 12.7. The minimum Gasteiger partial charge on any atom is -0.447 e. The molecule has 1 aliphatic heterocycles. The number of anilines is 1. The van der Waals surface area contributed by atoms with Crippen LogP contribution in [0, 0.1) is 19.7 Å². The number of rotatable bonds is 12. The summed E-state index contributed by atoms with van der Waals surface area (Å²) >= 11 is 0. The zero-order chi connectivity index (χ0) is 27.8. The van der Waals surface area contributed by atoms with Crippen LogP contribution >= 0.6 is 0 Å². The number of aromatic nitrogens is 1. The summed E-state index contributed by atoms with van der Waals surface area (Å²) in [7, 11) is 0. The summed E-state index contributed by atoms with van der Waals surface area (Å²) in [5.74, 6) is -1.34. The first-order valence-corrected chi connectivity index (χ1v) is 12.7. The molecule has 38 heavy (non-hydrogen) atoms. The van der Waals surface area contributed by atoms with Crippen molar-refractivity contribution in [1.82, 2.24) is 14.8 Å². The smallest absolute Gasteiger partial charge is 0.416 e. The number of nitrogens with zero attached hydrogens (tertiary/aromatic N) is 2. The lowest BCUT2D eigenvalue weighted by Gasteiger charge is -2.25. The van der Waals surface area contributed by atoms with Gasteiger partial charge in [-0.15, -0.1) is 0 Å². The number of likely N-dealkylation sites (N-methyl/N-ethyl adjacent to an activating group) is 1. The van der Waals surface area contributed by atoms with Gasteiger partial charge < -0.3 is 30.4 Å². The Hall–Kier alpha value is -3.54. The number of amides is 3. The standard InChI is InChI=1S/C27H36FN5O5/c1-5-32(6-2)10-11-33(27(36)38-14-13-37-12-9-29)26(35)24-17(3)23(30-18(24)4)16-21-20-15-19(28)7-8-22(20)31-25(21)34/h7-8,15-16,30H,5-6,9-14,29H2,1-4H3,(H,31,34). The zero-order valence-electron chi connectivity index (χ0n) is 22.4. The van der Waals surface area contributed by atoms with E-state index in [0.717, 1.165) is 18.0 Å². The van der Waals surface area contributed by atoms with Crippen molar-refractivity contribution in [2.24, 2.45) is 5.73 Å². The molecule has 10 nitrogen and oxygen atoms in total. The van der Waals surface area contributed by atoms with Crippen molar-refractivity contribution in [3.05, 3.63) is 52.1 Å². The Morgan fingerprint density at radius 3 is 2.53 bits per heavy atom. The third-order valence-corrected chi connectivity index (χ3v) is 6.46. The molecule has 0 radical (unpaired) electrons. The third-order valence-electron chi connectivity index (χ3n) is 6.46. The molecule has 1 aromatic heterocycles. The van der Waals surface area contributed by atoms with Crippen molar-refractivity contribution in [3.63, 3.8) is 0 Å². The van der Waals surface area contributed by atoms with Gasteiger partial charge in [0.25, 0.3) is 11.8 Å². The van der Waals surface area contributed by atoms with Gasteiger partial charge in [0, 0.05) is 42.3 Å². The van der Waals surface area contributed by atoms with Crippen LogP contribution in [0.4, 0.5) is 14.9 Å². The summed E-state index contributed by atoms with van der Waals surface area (Å²) in [5, 5.41) is 2.72. The number of aromatic amines is 1. The van der Waals surface area contributed by atoms with Crippen LogP contribution in [0.3, 0.4) is 0 Å². The lowest BCUT2D eigenvalue weighted by Crippen LogP contribution is -2.43. The second kappa shape index (κ2) is 13.3. The number of carbonyl (C=O) groups is 3. The number of aryl methyl sites for hydroxylation is 1. The minimum atomic E-state index is -0.766. The van der Waals surface area contributed by atoms with Gasteiger partial charge in [-0.2, -0.15) is 0 Å². The summed E-state index contributed by atoms with van der Waals surface area (Å²) in [5.41, 5.74) is 8.55. The predicted octanol–water partition coefficient (Wildman–Crippen LogP) is 3.16. The Kier molecular flexibility index (Phi) is 10.2. The number of ether oxygens (including phenoxy) is 2. The second-order valence-electron chi connectivity index (χ2n) is 8.86. The van der Waals surface area contributed by atoms with E-state index in [4.69, 9.17) is 15.2 Å². The van der Waals surface area contributed by atoms with Crippen LogP contribution in [-0.2, 0) is 14.3 Å². The first-order chi connectivity index (χ1) is 18.2. The number of fused-ring (bicyclic) bond motifs is 1. The normalized spacial score (nSPS) is 13.7. The number of imide groups is 1. The monoisotopic (exact) mass is 529 g/mol. The minimum absolute atomic E-state index is 0.0125. The largest absolute Gasteiger partial charge is 0.447 e. The molecular weight excluding hydrogens is 493 g/mol. The molecular formula is C27H36FN5O5. The highest BCUT2D eigenvalue weighted by molar-refractivity contribution is 6.35. The molecule has 1 aliphatic rings. The van der Waals surface area contributed by atoms with Gasteiger partial charge in [0.1, 0.15) is 12.4 Å². The topological polar surface area (TPSA) is 130 Å². The lowest BCUT2D eigenvalue weighted by molar-refractivity contribution is -0.110. The van der Waals surface area contributed by atoms with Crippen molar-refractivity contribution in [2.45, 2.75) is 27.7 Å². The number of nitrogens with one attached hydrogen (secondary N) is 2. The molecule has 206 valence electrons. The molecule has 4 N–H and O–H groups in total. The molecule has 0 bridgehead atoms. The highest BCUT2D eigenvalue weighted by Gasteiger charge is 2.30. The number of halogens is 1. The van der Waals surface area contributed by atoms with Gasteiger partial charge in [-0.05, 0) is 56.8 Å². The molecule has 0 aliphatic carbocycles. The number of benzene rings is 1. The molecule has 2 heterocycles. The van der Waals surface area contributed by atoms with Crippen LogP contribution in [0.5, 0.6) is 0 Å². The average molecular weight is 530 g/mol. The van der Waals surface area contributed by atoms with Gasteiger partial charge in [0.15, 0.2) is 0 Å². The second-order valence-corrected chi connectivity index (χ2v) is 8.86. The van der Waals surface area contributed by atoms with E-state index < -0.39 is 17.8 Å². The Morgan fingerprint density at radius 2 is 1.84 bits per heavy atom. The summed E-state index contributed by atoms with van der Waals surface area (Å²) in [6, 6.07) is 4.07. The summed E-state index contributed by atoms with van der Waals surface area (Å²) < 4.78 is 24.4. The van der Waals surface area contributed by atoms with E-state index in [1.54, 1.807) is 19.9 Å². The lowest BCUT2D eigenvalue weighted by atomic mass is 10.0. The van der Waals surface area contributed by atoms with Crippen molar-refractivity contribution < 1.29 is 28.2 Å². The van der Waals surface area contributed by atoms with E-state index in [0.29, 0.717) is 53.5 Å². The Balaban J connectivity index is 1.89. The molecule has 0 fully saturated rings. The predicted molar refractivity (Wildman–Crippen MR) is 143 cm³/mol. The van der Waals surface area contributed by atoms with Gasteiger partial charge >= 0.3 is 6.09 Å². The highest BCUT2D eigenvalue weighted by atomic mass is 19.1. The maximum absolute atomic E-state index is 13.9. The third kappa shape index (κ3) is 6.66. The van der Waals surface area contributed by atoms with Crippen LogP contribution < -0.4 is 11.1 Å². The van der Waals surface area contributed by atoms with Gasteiger partial charge in [-0.1, -0.05) is 13.8 Å². The number of H-pyrrole nitrogens is 1. The maximum Gasteiger partial charge on any atom is 0.416 e. The highest BCUT2D eigenvalue weighted by Crippen LogP contribution is 2.34. The van der Waals surface area contributed by atoms with E-state index >= 15 is 0 Å². The van der Waals surface area contributed by atoms with E-state index in [1.165, 1.54) is 18.2 Å². The number of nitrogens with two attached hydrogens (primary N) is 1. The van der Waals surface area contributed by atoms with E-state index in [2.05, 4.69) is 15.2 Å². The molecule has 2 aromatic rings. The van der Waals surface area contributed by atoms with Crippen molar-refractivity contribution in [3.8, 4) is 0 Å². The van der Waals surface area contributed by atoms with Crippen LogP contribution in [0.2, 0.25) is 0 Å². The molecule has 3 amide bonds. The first kappa shape index (κ1) is 29.0. The SMILES string of the molecule is CCN(CC)CCN(C(=O)OCCOCCN)C(=O)c1c(C)[nH]c(C=C2C(=O)Nc3ccc(F)cc32)c1C.